The first kappa shape index (κ1) is 13.8. The Bertz CT molecular complexity index is 528. The molecule has 102 valence electrons. The maximum atomic E-state index is 5.59. The normalized spacial score (nSPS) is 11.2. The van der Waals surface area contributed by atoms with E-state index in [-0.39, 0.29) is 0 Å². The van der Waals surface area contributed by atoms with Gasteiger partial charge < -0.3 is 10.2 Å². The summed E-state index contributed by atoms with van der Waals surface area (Å²) in [6, 6.07) is 10.7. The van der Waals surface area contributed by atoms with E-state index in [1.807, 2.05) is 6.92 Å². The molecule has 0 aliphatic heterocycles. The Morgan fingerprint density at radius 3 is 2.37 bits per heavy atom. The van der Waals surface area contributed by atoms with Crippen molar-refractivity contribution in [3.05, 3.63) is 58.5 Å². The lowest BCUT2D eigenvalue weighted by molar-refractivity contribution is 0.316. The molecule has 1 aromatic carbocycles. The standard InChI is InChI=1S/C16H22N2O/c1-12-4-6-14(7-5-12)10-18(3)11-15-8-16(9-17)19-13(15)2/h4-8H,9-11,17H2,1-3H3. The maximum Gasteiger partial charge on any atom is 0.118 e. The van der Waals surface area contributed by atoms with E-state index in [2.05, 4.69) is 49.2 Å². The fourth-order valence-electron chi connectivity index (χ4n) is 2.20. The molecular weight excluding hydrogens is 236 g/mol. The third kappa shape index (κ3) is 3.69. The molecule has 2 aromatic rings. The second-order valence-electron chi connectivity index (χ2n) is 5.16. The molecule has 0 aliphatic rings. The third-order valence-electron chi connectivity index (χ3n) is 3.29. The molecule has 0 radical (unpaired) electrons. The predicted molar refractivity (Wildman–Crippen MR) is 77.7 cm³/mol. The Labute approximate surface area is 115 Å². The van der Waals surface area contributed by atoms with E-state index in [1.54, 1.807) is 0 Å². The van der Waals surface area contributed by atoms with Gasteiger partial charge in [-0.15, -0.1) is 0 Å². The van der Waals surface area contributed by atoms with E-state index >= 15 is 0 Å². The van der Waals surface area contributed by atoms with Crippen LogP contribution in [0, 0.1) is 13.8 Å². The molecule has 2 N–H and O–H groups in total. The quantitative estimate of drug-likeness (QED) is 0.896. The van der Waals surface area contributed by atoms with Gasteiger partial charge in [0, 0.05) is 18.7 Å². The van der Waals surface area contributed by atoms with Crippen molar-refractivity contribution in [1.29, 1.82) is 0 Å². The van der Waals surface area contributed by atoms with Crippen LogP contribution in [-0.4, -0.2) is 11.9 Å². The molecule has 3 heteroatoms. The number of nitrogens with two attached hydrogens (primary N) is 1. The van der Waals surface area contributed by atoms with Gasteiger partial charge in [-0.05, 0) is 32.5 Å². The third-order valence-corrected chi connectivity index (χ3v) is 3.29. The summed E-state index contributed by atoms with van der Waals surface area (Å²) in [5.74, 6) is 1.83. The summed E-state index contributed by atoms with van der Waals surface area (Å²) in [6.07, 6.45) is 0. The molecule has 2 rings (SSSR count). The fourth-order valence-corrected chi connectivity index (χ4v) is 2.20. The van der Waals surface area contributed by atoms with Crippen molar-refractivity contribution in [2.45, 2.75) is 33.5 Å². The molecule has 19 heavy (non-hydrogen) atoms. The molecular formula is C16H22N2O. The molecule has 1 heterocycles. The van der Waals surface area contributed by atoms with Crippen molar-refractivity contribution in [1.82, 2.24) is 4.90 Å². The predicted octanol–water partition coefficient (Wildman–Crippen LogP) is 2.99. The summed E-state index contributed by atoms with van der Waals surface area (Å²) in [5.41, 5.74) is 9.43. The molecule has 0 atom stereocenters. The van der Waals surface area contributed by atoms with Gasteiger partial charge in [0.1, 0.15) is 11.5 Å². The van der Waals surface area contributed by atoms with E-state index in [0.29, 0.717) is 6.54 Å². The van der Waals surface area contributed by atoms with E-state index in [1.165, 1.54) is 16.7 Å². The van der Waals surface area contributed by atoms with Gasteiger partial charge in [0.25, 0.3) is 0 Å². The zero-order valence-electron chi connectivity index (χ0n) is 11.9. The average Bonchev–Trinajstić information content (AvgIpc) is 2.73. The summed E-state index contributed by atoms with van der Waals surface area (Å²) >= 11 is 0. The van der Waals surface area contributed by atoms with Crippen molar-refractivity contribution in [2.75, 3.05) is 7.05 Å². The summed E-state index contributed by atoms with van der Waals surface area (Å²) in [4.78, 5) is 2.28. The highest BCUT2D eigenvalue weighted by molar-refractivity contribution is 5.23. The van der Waals surface area contributed by atoms with Crippen molar-refractivity contribution >= 4 is 0 Å². The first-order chi connectivity index (χ1) is 9.08. The summed E-state index contributed by atoms with van der Waals surface area (Å²) in [5, 5.41) is 0. The number of furan rings is 1. The monoisotopic (exact) mass is 258 g/mol. The van der Waals surface area contributed by atoms with Gasteiger partial charge in [-0.3, -0.25) is 4.90 Å². The number of rotatable bonds is 5. The highest BCUT2D eigenvalue weighted by Gasteiger charge is 2.09. The van der Waals surface area contributed by atoms with Crippen LogP contribution in [0.2, 0.25) is 0 Å². The average molecular weight is 258 g/mol. The van der Waals surface area contributed by atoms with Gasteiger partial charge in [-0.1, -0.05) is 29.8 Å². The maximum absolute atomic E-state index is 5.59. The minimum absolute atomic E-state index is 0.461. The Kier molecular flexibility index (Phi) is 4.40. The van der Waals surface area contributed by atoms with E-state index in [9.17, 15) is 0 Å². The highest BCUT2D eigenvalue weighted by Crippen LogP contribution is 2.17. The summed E-state index contributed by atoms with van der Waals surface area (Å²) < 4.78 is 5.58. The first-order valence-electron chi connectivity index (χ1n) is 6.61. The molecule has 3 nitrogen and oxygen atoms in total. The van der Waals surface area contributed by atoms with Gasteiger partial charge >= 0.3 is 0 Å². The first-order valence-corrected chi connectivity index (χ1v) is 6.61. The fraction of sp³-hybridized carbons (Fsp3) is 0.375. The highest BCUT2D eigenvalue weighted by atomic mass is 16.3. The minimum atomic E-state index is 0.461. The van der Waals surface area contributed by atoms with Crippen molar-refractivity contribution in [3.8, 4) is 0 Å². The molecule has 1 aromatic heterocycles. The molecule has 0 amide bonds. The molecule has 0 fully saturated rings. The van der Waals surface area contributed by atoms with Crippen LogP contribution in [-0.2, 0) is 19.6 Å². The van der Waals surface area contributed by atoms with Crippen molar-refractivity contribution in [2.24, 2.45) is 5.73 Å². The topological polar surface area (TPSA) is 42.4 Å². The zero-order chi connectivity index (χ0) is 13.8. The van der Waals surface area contributed by atoms with Crippen LogP contribution in [0.25, 0.3) is 0 Å². The van der Waals surface area contributed by atoms with Crippen molar-refractivity contribution < 1.29 is 4.42 Å². The van der Waals surface area contributed by atoms with Gasteiger partial charge in [-0.25, -0.2) is 0 Å². The number of hydrogen-bond donors (Lipinski definition) is 1. The molecule has 0 unspecified atom stereocenters. The molecule has 0 aliphatic carbocycles. The second kappa shape index (κ2) is 6.04. The number of hydrogen-bond acceptors (Lipinski definition) is 3. The van der Waals surface area contributed by atoms with Crippen LogP contribution in [0.15, 0.2) is 34.7 Å². The van der Waals surface area contributed by atoms with Gasteiger partial charge in [0.15, 0.2) is 0 Å². The zero-order valence-corrected chi connectivity index (χ0v) is 11.9. The molecule has 0 bridgehead atoms. The minimum Gasteiger partial charge on any atom is -0.465 e. The van der Waals surface area contributed by atoms with E-state index in [0.717, 1.165) is 24.6 Å². The lowest BCUT2D eigenvalue weighted by Gasteiger charge is -2.16. The molecule has 0 saturated heterocycles. The number of benzene rings is 1. The lowest BCUT2D eigenvalue weighted by atomic mass is 10.1. The van der Waals surface area contributed by atoms with Crippen LogP contribution in [0.5, 0.6) is 0 Å². The van der Waals surface area contributed by atoms with Gasteiger partial charge in [0.2, 0.25) is 0 Å². The Balaban J connectivity index is 1.98. The lowest BCUT2D eigenvalue weighted by Crippen LogP contribution is -2.17. The van der Waals surface area contributed by atoms with Gasteiger partial charge in [-0.2, -0.15) is 0 Å². The van der Waals surface area contributed by atoms with Crippen LogP contribution in [0.4, 0.5) is 0 Å². The summed E-state index contributed by atoms with van der Waals surface area (Å²) in [6.45, 7) is 6.37. The Hall–Kier alpha value is -1.58. The number of aryl methyl sites for hydroxylation is 2. The Morgan fingerprint density at radius 1 is 1.11 bits per heavy atom. The van der Waals surface area contributed by atoms with E-state index in [4.69, 9.17) is 10.2 Å². The SMILES string of the molecule is Cc1ccc(CN(C)Cc2cc(CN)oc2C)cc1. The second-order valence-corrected chi connectivity index (χ2v) is 5.16. The van der Waals surface area contributed by atoms with Crippen molar-refractivity contribution in [3.63, 3.8) is 0 Å². The smallest absolute Gasteiger partial charge is 0.118 e. The van der Waals surface area contributed by atoms with Crippen LogP contribution < -0.4 is 5.73 Å². The molecule has 0 saturated carbocycles. The van der Waals surface area contributed by atoms with E-state index < -0.39 is 0 Å². The van der Waals surface area contributed by atoms with Crippen LogP contribution in [0.3, 0.4) is 0 Å². The number of nitrogens with zero attached hydrogens (tertiary/aromatic N) is 1. The van der Waals surface area contributed by atoms with Crippen LogP contribution >= 0.6 is 0 Å². The van der Waals surface area contributed by atoms with Crippen LogP contribution in [0.1, 0.15) is 28.2 Å². The largest absolute Gasteiger partial charge is 0.465 e. The summed E-state index contributed by atoms with van der Waals surface area (Å²) in [7, 11) is 2.12. The Morgan fingerprint density at radius 2 is 1.79 bits per heavy atom. The molecule has 0 spiro atoms. The van der Waals surface area contributed by atoms with Gasteiger partial charge in [0.05, 0.1) is 6.54 Å².